The smallest absolute Gasteiger partial charge is 0.133 e. The maximum Gasteiger partial charge on any atom is 0.133 e. The van der Waals surface area contributed by atoms with Crippen LogP contribution in [-0.4, -0.2) is 20.3 Å². The Balaban J connectivity index is 2.49. The number of anilines is 2. The number of rotatable bonds is 4. The molecule has 1 N–H and O–H groups in total. The lowest BCUT2D eigenvalue weighted by atomic mass is 10.2. The molecular formula is C17H22N2OS. The summed E-state index contributed by atoms with van der Waals surface area (Å²) in [7, 11) is -2.34. The third-order valence-corrected chi connectivity index (χ3v) is 6.13. The monoisotopic (exact) mass is 302 g/mol. The topological polar surface area (TPSA) is 42.0 Å². The summed E-state index contributed by atoms with van der Waals surface area (Å²) in [5, 5.41) is 3.29. The van der Waals surface area contributed by atoms with Gasteiger partial charge < -0.3 is 5.32 Å². The maximum atomic E-state index is 12.9. The molecular weight excluding hydrogens is 280 g/mol. The zero-order valence-corrected chi connectivity index (χ0v) is 13.8. The highest BCUT2D eigenvalue weighted by Crippen LogP contribution is 2.28. The molecule has 4 heteroatoms. The number of hydrogen-bond acceptors (Lipinski definition) is 3. The Labute approximate surface area is 127 Å². The molecule has 0 saturated carbocycles. The number of nitrogens with zero attached hydrogens (tertiary/aromatic N) is 1. The molecule has 0 bridgehead atoms. The van der Waals surface area contributed by atoms with Crippen molar-refractivity contribution in [1.82, 2.24) is 4.98 Å². The summed E-state index contributed by atoms with van der Waals surface area (Å²) in [4.78, 5) is 5.26. The van der Waals surface area contributed by atoms with Crippen LogP contribution in [-0.2, 0) is 9.52 Å². The van der Waals surface area contributed by atoms with E-state index in [1.807, 2.05) is 64.1 Å². The standard InChI is InChI=1S/C17H22N2OS/c1-12(2)21(5,20)16-9-7-6-8-15(16)19-17-13(3)10-11-14(4)18-17/h6-12H,5H2,1-4H3,(H,18,19). The highest BCUT2D eigenvalue weighted by Gasteiger charge is 2.17. The van der Waals surface area contributed by atoms with E-state index in [0.29, 0.717) is 0 Å². The van der Waals surface area contributed by atoms with E-state index in [1.165, 1.54) is 0 Å². The molecule has 21 heavy (non-hydrogen) atoms. The van der Waals surface area contributed by atoms with E-state index in [0.717, 1.165) is 27.7 Å². The fourth-order valence-electron chi connectivity index (χ4n) is 2.01. The molecule has 0 amide bonds. The van der Waals surface area contributed by atoms with E-state index < -0.39 is 9.52 Å². The van der Waals surface area contributed by atoms with Crippen LogP contribution in [0.15, 0.2) is 41.3 Å². The molecule has 2 aromatic rings. The third kappa shape index (κ3) is 3.27. The number of aromatic nitrogens is 1. The van der Waals surface area contributed by atoms with Crippen molar-refractivity contribution < 1.29 is 4.21 Å². The molecule has 2 rings (SSSR count). The van der Waals surface area contributed by atoms with Crippen LogP contribution in [0, 0.1) is 13.8 Å². The van der Waals surface area contributed by atoms with Crippen LogP contribution in [0.2, 0.25) is 0 Å². The van der Waals surface area contributed by atoms with Gasteiger partial charge in [-0.25, -0.2) is 4.98 Å². The fraction of sp³-hybridized carbons (Fsp3) is 0.294. The van der Waals surface area contributed by atoms with Gasteiger partial charge >= 0.3 is 0 Å². The highest BCUT2D eigenvalue weighted by atomic mass is 32.2. The fourth-order valence-corrected chi connectivity index (χ4v) is 3.31. The largest absolute Gasteiger partial charge is 0.339 e. The normalized spacial score (nSPS) is 14.0. The quantitative estimate of drug-likeness (QED) is 0.870. The van der Waals surface area contributed by atoms with Crippen LogP contribution >= 0.6 is 0 Å². The van der Waals surface area contributed by atoms with Crippen LogP contribution in [0.4, 0.5) is 11.5 Å². The average molecular weight is 302 g/mol. The van der Waals surface area contributed by atoms with Gasteiger partial charge in [-0.1, -0.05) is 32.0 Å². The molecule has 0 saturated heterocycles. The molecule has 1 atom stereocenters. The van der Waals surface area contributed by atoms with Gasteiger partial charge in [0.15, 0.2) is 0 Å². The minimum atomic E-state index is -2.34. The second kappa shape index (κ2) is 5.90. The molecule has 0 aliphatic carbocycles. The van der Waals surface area contributed by atoms with Crippen LogP contribution in [0.3, 0.4) is 0 Å². The van der Waals surface area contributed by atoms with Gasteiger partial charge in [0.2, 0.25) is 0 Å². The summed E-state index contributed by atoms with van der Waals surface area (Å²) in [6.45, 7) is 7.82. The van der Waals surface area contributed by atoms with Crippen molar-refractivity contribution in [1.29, 1.82) is 0 Å². The number of hydrogen-bond donors (Lipinski definition) is 1. The second-order valence-electron chi connectivity index (χ2n) is 5.51. The van der Waals surface area contributed by atoms with E-state index in [1.54, 1.807) is 0 Å². The Kier molecular flexibility index (Phi) is 4.37. The lowest BCUT2D eigenvalue weighted by Gasteiger charge is -2.18. The van der Waals surface area contributed by atoms with Crippen molar-refractivity contribution in [2.75, 3.05) is 5.32 Å². The predicted molar refractivity (Wildman–Crippen MR) is 92.1 cm³/mol. The number of benzene rings is 1. The van der Waals surface area contributed by atoms with Crippen LogP contribution < -0.4 is 5.32 Å². The SMILES string of the molecule is C=S(=O)(c1ccccc1Nc1nc(C)ccc1C)C(C)C. The summed E-state index contributed by atoms with van der Waals surface area (Å²) in [6.07, 6.45) is 0. The molecule has 0 spiro atoms. The first-order valence-corrected chi connectivity index (χ1v) is 8.78. The second-order valence-corrected chi connectivity index (χ2v) is 8.35. The van der Waals surface area contributed by atoms with Gasteiger partial charge in [-0.15, -0.1) is 0 Å². The number of pyridine rings is 1. The lowest BCUT2D eigenvalue weighted by Crippen LogP contribution is -2.15. The Bertz CT molecular complexity index is 749. The van der Waals surface area contributed by atoms with Gasteiger partial charge in [-0.05, 0) is 43.5 Å². The molecule has 0 aliphatic rings. The van der Waals surface area contributed by atoms with Gasteiger partial charge in [0, 0.05) is 20.5 Å². The summed E-state index contributed by atoms with van der Waals surface area (Å²) in [6, 6.07) is 11.6. The van der Waals surface area contributed by atoms with Crippen molar-refractivity contribution in [2.45, 2.75) is 37.8 Å². The Morgan fingerprint density at radius 2 is 1.81 bits per heavy atom. The number of aryl methyl sites for hydroxylation is 2. The Hall–Kier alpha value is -1.81. The number of nitrogens with one attached hydrogen (secondary N) is 1. The van der Waals surface area contributed by atoms with E-state index in [2.05, 4.69) is 16.2 Å². The van der Waals surface area contributed by atoms with Gasteiger partial charge in [-0.3, -0.25) is 4.21 Å². The minimum absolute atomic E-state index is 0.0213. The van der Waals surface area contributed by atoms with Crippen molar-refractivity contribution in [2.24, 2.45) is 0 Å². The summed E-state index contributed by atoms with van der Waals surface area (Å²) in [5.74, 6) is 4.74. The molecule has 1 unspecified atom stereocenters. The van der Waals surface area contributed by atoms with Crippen LogP contribution in [0.25, 0.3) is 0 Å². The third-order valence-electron chi connectivity index (χ3n) is 3.51. The maximum absolute atomic E-state index is 12.9. The van der Waals surface area contributed by atoms with Crippen molar-refractivity contribution >= 4 is 26.9 Å². The van der Waals surface area contributed by atoms with E-state index >= 15 is 0 Å². The van der Waals surface area contributed by atoms with Crippen LogP contribution in [0.5, 0.6) is 0 Å². The van der Waals surface area contributed by atoms with E-state index in [-0.39, 0.29) is 5.25 Å². The summed E-state index contributed by atoms with van der Waals surface area (Å²) in [5.41, 5.74) is 2.81. The molecule has 1 aromatic carbocycles. The zero-order valence-electron chi connectivity index (χ0n) is 13.0. The van der Waals surface area contributed by atoms with Crippen molar-refractivity contribution in [3.05, 3.63) is 47.7 Å². The van der Waals surface area contributed by atoms with Gasteiger partial charge in [0.1, 0.15) is 5.82 Å². The minimum Gasteiger partial charge on any atom is -0.339 e. The highest BCUT2D eigenvalue weighted by molar-refractivity contribution is 8.01. The van der Waals surface area contributed by atoms with Gasteiger partial charge in [0.25, 0.3) is 0 Å². The first-order valence-electron chi connectivity index (χ1n) is 6.99. The molecule has 1 aromatic heterocycles. The lowest BCUT2D eigenvalue weighted by molar-refractivity contribution is 0.675. The molecule has 0 fully saturated rings. The van der Waals surface area contributed by atoms with Gasteiger partial charge in [-0.2, -0.15) is 0 Å². The van der Waals surface area contributed by atoms with Crippen molar-refractivity contribution in [3.8, 4) is 0 Å². The molecule has 1 heterocycles. The zero-order chi connectivity index (χ0) is 15.6. The molecule has 3 nitrogen and oxygen atoms in total. The van der Waals surface area contributed by atoms with E-state index in [9.17, 15) is 4.21 Å². The first-order chi connectivity index (χ1) is 9.82. The predicted octanol–water partition coefficient (Wildman–Crippen LogP) is 3.93. The summed E-state index contributed by atoms with van der Waals surface area (Å²) >= 11 is 0. The van der Waals surface area contributed by atoms with Crippen LogP contribution in [0.1, 0.15) is 25.1 Å². The molecule has 112 valence electrons. The van der Waals surface area contributed by atoms with Crippen molar-refractivity contribution in [3.63, 3.8) is 0 Å². The summed E-state index contributed by atoms with van der Waals surface area (Å²) < 4.78 is 12.9. The van der Waals surface area contributed by atoms with Gasteiger partial charge in [0.05, 0.1) is 10.6 Å². The Morgan fingerprint density at radius 1 is 1.14 bits per heavy atom. The molecule has 0 aliphatic heterocycles. The average Bonchev–Trinajstić information content (AvgIpc) is 2.43. The first kappa shape index (κ1) is 15.6. The van der Waals surface area contributed by atoms with E-state index in [4.69, 9.17) is 0 Å². The number of para-hydroxylation sites is 1. The Morgan fingerprint density at radius 3 is 2.48 bits per heavy atom. The molecule has 0 radical (unpaired) electrons.